The highest BCUT2D eigenvalue weighted by Crippen LogP contribution is 2.52. The van der Waals surface area contributed by atoms with E-state index >= 15 is 0 Å². The highest BCUT2D eigenvalue weighted by Gasteiger charge is 2.23. The van der Waals surface area contributed by atoms with E-state index in [1.54, 1.807) is 0 Å². The van der Waals surface area contributed by atoms with Crippen LogP contribution < -0.4 is 0 Å². The summed E-state index contributed by atoms with van der Waals surface area (Å²) >= 11 is 3.88. The first-order valence-electron chi connectivity index (χ1n) is 5.28. The molecule has 1 aliphatic heterocycles. The quantitative estimate of drug-likeness (QED) is 0.705. The Kier molecular flexibility index (Phi) is 2.70. The van der Waals surface area contributed by atoms with E-state index in [1.165, 1.54) is 21.6 Å². The molecule has 0 saturated carbocycles. The van der Waals surface area contributed by atoms with E-state index in [0.717, 1.165) is 0 Å². The van der Waals surface area contributed by atoms with Gasteiger partial charge in [0.15, 0.2) is 0 Å². The van der Waals surface area contributed by atoms with Crippen molar-refractivity contribution in [3.05, 3.63) is 54.1 Å². The number of benzene rings is 2. The van der Waals surface area contributed by atoms with Crippen LogP contribution in [0.3, 0.4) is 0 Å². The molecule has 1 heterocycles. The van der Waals surface area contributed by atoms with Crippen LogP contribution >= 0.6 is 23.5 Å². The fourth-order valence-corrected chi connectivity index (χ4v) is 4.27. The van der Waals surface area contributed by atoms with Crippen molar-refractivity contribution in [1.82, 2.24) is 0 Å². The first-order chi connectivity index (χ1) is 7.90. The third-order valence-electron chi connectivity index (χ3n) is 2.84. The first kappa shape index (κ1) is 10.3. The molecule has 0 radical (unpaired) electrons. The first-order valence-corrected chi connectivity index (χ1v) is 7.44. The van der Waals surface area contributed by atoms with Crippen LogP contribution in [0, 0.1) is 0 Å². The van der Waals surface area contributed by atoms with E-state index in [0.29, 0.717) is 4.58 Å². The summed E-state index contributed by atoms with van der Waals surface area (Å²) in [5, 5.41) is 0. The van der Waals surface area contributed by atoms with Gasteiger partial charge in [-0.15, -0.1) is 23.5 Å². The van der Waals surface area contributed by atoms with Crippen molar-refractivity contribution in [3.63, 3.8) is 0 Å². The summed E-state index contributed by atoms with van der Waals surface area (Å²) in [6.07, 6.45) is 2.18. The Morgan fingerprint density at radius 2 is 1.62 bits per heavy atom. The second-order valence-corrected chi connectivity index (χ2v) is 6.16. The van der Waals surface area contributed by atoms with Crippen LogP contribution in [0.25, 0.3) is 11.1 Å². The van der Waals surface area contributed by atoms with E-state index in [-0.39, 0.29) is 0 Å². The summed E-state index contributed by atoms with van der Waals surface area (Å²) in [6.45, 7) is 0. The molecule has 0 N–H and O–H groups in total. The van der Waals surface area contributed by atoms with Gasteiger partial charge in [0, 0.05) is 4.90 Å². The average molecular weight is 244 g/mol. The van der Waals surface area contributed by atoms with Crippen LogP contribution in [0.15, 0.2) is 53.4 Å². The van der Waals surface area contributed by atoms with Gasteiger partial charge in [0.1, 0.15) is 0 Å². The van der Waals surface area contributed by atoms with Crippen molar-refractivity contribution in [1.29, 1.82) is 0 Å². The monoisotopic (exact) mass is 244 g/mol. The fourth-order valence-electron chi connectivity index (χ4n) is 2.09. The molecule has 3 rings (SSSR count). The zero-order chi connectivity index (χ0) is 11.0. The normalized spacial score (nSPS) is 17.7. The molecule has 1 atom stereocenters. The standard InChI is InChI=1S/C14H12S2/c1-15-14-12-8-3-2-6-10(12)11-7-4-5-9-13(11)16-14/h2-9,14H,1H3. The van der Waals surface area contributed by atoms with E-state index < -0.39 is 0 Å². The average Bonchev–Trinajstić information content (AvgIpc) is 2.38. The third kappa shape index (κ3) is 1.57. The number of hydrogen-bond acceptors (Lipinski definition) is 2. The lowest BCUT2D eigenvalue weighted by molar-refractivity contribution is 1.30. The molecular formula is C14H12S2. The molecule has 0 aliphatic carbocycles. The Balaban J connectivity index is 2.24. The molecule has 16 heavy (non-hydrogen) atoms. The van der Waals surface area contributed by atoms with E-state index in [4.69, 9.17) is 0 Å². The van der Waals surface area contributed by atoms with Gasteiger partial charge in [-0.05, 0) is 29.0 Å². The molecule has 80 valence electrons. The second kappa shape index (κ2) is 4.19. The van der Waals surface area contributed by atoms with E-state index in [1.807, 2.05) is 23.5 Å². The van der Waals surface area contributed by atoms with Gasteiger partial charge in [-0.2, -0.15) is 0 Å². The van der Waals surface area contributed by atoms with Gasteiger partial charge in [0.05, 0.1) is 4.58 Å². The Bertz CT molecular complexity index is 520. The summed E-state index contributed by atoms with van der Waals surface area (Å²) < 4.78 is 0.533. The zero-order valence-corrected chi connectivity index (χ0v) is 10.6. The Labute approximate surface area is 104 Å². The summed E-state index contributed by atoms with van der Waals surface area (Å²) in [5.41, 5.74) is 4.24. The van der Waals surface area contributed by atoms with Crippen LogP contribution in [0.4, 0.5) is 0 Å². The minimum Gasteiger partial charge on any atom is -0.146 e. The molecule has 2 aromatic rings. The minimum absolute atomic E-state index is 0.533. The molecule has 1 unspecified atom stereocenters. The molecule has 0 bridgehead atoms. The molecule has 0 aromatic heterocycles. The molecule has 0 fully saturated rings. The topological polar surface area (TPSA) is 0 Å². The van der Waals surface area contributed by atoms with Crippen molar-refractivity contribution in [2.75, 3.05) is 6.26 Å². The Morgan fingerprint density at radius 3 is 2.44 bits per heavy atom. The molecule has 2 aromatic carbocycles. The predicted molar refractivity (Wildman–Crippen MR) is 74.0 cm³/mol. The van der Waals surface area contributed by atoms with Crippen LogP contribution in [-0.2, 0) is 0 Å². The smallest absolute Gasteiger partial charge is 0.0801 e. The van der Waals surface area contributed by atoms with Gasteiger partial charge >= 0.3 is 0 Å². The van der Waals surface area contributed by atoms with Gasteiger partial charge in [-0.25, -0.2) is 0 Å². The van der Waals surface area contributed by atoms with E-state index in [2.05, 4.69) is 54.8 Å². The maximum atomic E-state index is 2.25. The Hall–Kier alpha value is -0.860. The SMILES string of the molecule is CSC1Sc2ccccc2-c2ccccc21. The van der Waals surface area contributed by atoms with Crippen molar-refractivity contribution < 1.29 is 0 Å². The number of hydrogen-bond donors (Lipinski definition) is 0. The van der Waals surface area contributed by atoms with Crippen molar-refractivity contribution in [2.24, 2.45) is 0 Å². The van der Waals surface area contributed by atoms with Gasteiger partial charge < -0.3 is 0 Å². The van der Waals surface area contributed by atoms with Crippen molar-refractivity contribution in [3.8, 4) is 11.1 Å². The number of fused-ring (bicyclic) bond motifs is 3. The van der Waals surface area contributed by atoms with Crippen molar-refractivity contribution >= 4 is 23.5 Å². The van der Waals surface area contributed by atoms with Crippen LogP contribution in [0.1, 0.15) is 10.1 Å². The largest absolute Gasteiger partial charge is 0.146 e. The van der Waals surface area contributed by atoms with Gasteiger partial charge in [0.2, 0.25) is 0 Å². The van der Waals surface area contributed by atoms with Crippen LogP contribution in [0.2, 0.25) is 0 Å². The molecule has 2 heteroatoms. The summed E-state index contributed by atoms with van der Waals surface area (Å²) in [7, 11) is 0. The third-order valence-corrected chi connectivity index (χ3v) is 5.47. The lowest BCUT2D eigenvalue weighted by Crippen LogP contribution is -1.99. The zero-order valence-electron chi connectivity index (χ0n) is 9.01. The molecule has 0 spiro atoms. The molecule has 0 nitrogen and oxygen atoms in total. The van der Waals surface area contributed by atoms with Crippen LogP contribution in [0.5, 0.6) is 0 Å². The predicted octanol–water partition coefficient (Wildman–Crippen LogP) is 4.82. The summed E-state index contributed by atoms with van der Waals surface area (Å²) in [6, 6.07) is 17.4. The van der Waals surface area contributed by atoms with E-state index in [9.17, 15) is 0 Å². The van der Waals surface area contributed by atoms with Gasteiger partial charge in [-0.3, -0.25) is 0 Å². The van der Waals surface area contributed by atoms with Gasteiger partial charge in [0.25, 0.3) is 0 Å². The maximum absolute atomic E-state index is 2.25. The highest BCUT2D eigenvalue weighted by atomic mass is 32.2. The van der Waals surface area contributed by atoms with Crippen molar-refractivity contribution in [2.45, 2.75) is 9.48 Å². The molecule has 0 amide bonds. The second-order valence-electron chi connectivity index (χ2n) is 3.77. The molecular weight excluding hydrogens is 232 g/mol. The number of thioether (sulfide) groups is 2. The lowest BCUT2D eigenvalue weighted by atomic mass is 10.00. The Morgan fingerprint density at radius 1 is 0.938 bits per heavy atom. The maximum Gasteiger partial charge on any atom is 0.0801 e. The summed E-state index contributed by atoms with van der Waals surface area (Å²) in [4.78, 5) is 1.40. The molecule has 1 aliphatic rings. The fraction of sp³-hybridized carbons (Fsp3) is 0.143. The van der Waals surface area contributed by atoms with Crippen LogP contribution in [-0.4, -0.2) is 6.26 Å². The lowest BCUT2D eigenvalue weighted by Gasteiger charge is -2.25. The summed E-state index contributed by atoms with van der Waals surface area (Å²) in [5.74, 6) is 0. The van der Waals surface area contributed by atoms with Gasteiger partial charge in [-0.1, -0.05) is 42.5 Å². The highest BCUT2D eigenvalue weighted by molar-refractivity contribution is 8.16. The molecule has 0 saturated heterocycles. The number of rotatable bonds is 1. The minimum atomic E-state index is 0.533.